The minimum Gasteiger partial charge on any atom is -0.298 e. The normalized spacial score (nSPS) is 38.7. The third kappa shape index (κ3) is 1.80. The maximum Gasteiger partial charge on any atom is 0.255 e. The van der Waals surface area contributed by atoms with Crippen molar-refractivity contribution in [2.75, 3.05) is 13.6 Å². The second kappa shape index (κ2) is 3.24. The summed E-state index contributed by atoms with van der Waals surface area (Å²) in [6.07, 6.45) is 2.31. The molecule has 0 spiro atoms. The van der Waals surface area contributed by atoms with Gasteiger partial charge in [-0.15, -0.1) is 0 Å². The highest BCUT2D eigenvalue weighted by Gasteiger charge is 2.68. The summed E-state index contributed by atoms with van der Waals surface area (Å²) in [4.78, 5) is 13.3. The highest BCUT2D eigenvalue weighted by molar-refractivity contribution is 5.85. The minimum atomic E-state index is -2.52. The van der Waals surface area contributed by atoms with Crippen molar-refractivity contribution in [2.24, 2.45) is 5.41 Å². The molecule has 2 aliphatic rings. The Labute approximate surface area is 88.6 Å². The average molecular weight is 217 g/mol. The Balaban J connectivity index is 1.93. The first-order valence-corrected chi connectivity index (χ1v) is 5.46. The Morgan fingerprint density at radius 3 is 2.53 bits per heavy atom. The third-order valence-electron chi connectivity index (χ3n) is 3.77. The maximum absolute atomic E-state index is 13.0. The summed E-state index contributed by atoms with van der Waals surface area (Å²) in [5, 5.41) is 0. The van der Waals surface area contributed by atoms with E-state index >= 15 is 0 Å². The first-order chi connectivity index (χ1) is 6.86. The van der Waals surface area contributed by atoms with Crippen molar-refractivity contribution in [3.8, 4) is 0 Å². The highest BCUT2D eigenvalue weighted by Crippen LogP contribution is 2.60. The van der Waals surface area contributed by atoms with E-state index in [4.69, 9.17) is 0 Å². The van der Waals surface area contributed by atoms with Gasteiger partial charge in [0.05, 0.1) is 6.04 Å². The predicted molar refractivity (Wildman–Crippen MR) is 52.9 cm³/mol. The molecule has 2 aliphatic carbocycles. The Kier molecular flexibility index (Phi) is 2.37. The topological polar surface area (TPSA) is 20.3 Å². The molecule has 15 heavy (non-hydrogen) atoms. The molecule has 0 saturated heterocycles. The Morgan fingerprint density at radius 1 is 1.53 bits per heavy atom. The summed E-state index contributed by atoms with van der Waals surface area (Å²) in [5.74, 6) is -2.31. The lowest BCUT2D eigenvalue weighted by Gasteiger charge is -2.26. The molecule has 2 nitrogen and oxygen atoms in total. The van der Waals surface area contributed by atoms with Crippen LogP contribution in [-0.4, -0.2) is 36.2 Å². The van der Waals surface area contributed by atoms with E-state index in [-0.39, 0.29) is 18.2 Å². The lowest BCUT2D eigenvalue weighted by Crippen LogP contribution is -2.39. The number of hydrogen-bond donors (Lipinski definition) is 0. The molecule has 0 aliphatic heterocycles. The monoisotopic (exact) mass is 217 g/mol. The van der Waals surface area contributed by atoms with Gasteiger partial charge in [-0.3, -0.25) is 9.69 Å². The van der Waals surface area contributed by atoms with Gasteiger partial charge in [0.25, 0.3) is 5.92 Å². The molecule has 2 rings (SSSR count). The van der Waals surface area contributed by atoms with Gasteiger partial charge in [-0.1, -0.05) is 6.92 Å². The summed E-state index contributed by atoms with van der Waals surface area (Å²) in [5.41, 5.74) is -0.898. The molecule has 0 radical (unpaired) electrons. The number of halogens is 2. The van der Waals surface area contributed by atoms with E-state index in [2.05, 4.69) is 0 Å². The standard InChI is InChI=1S/C11H17F2NO/c1-10(6-11(10,12)13)7-14(2)8-4-3-5-9(8)15/h8H,3-7H2,1-2H3. The number of likely N-dealkylation sites (N-methyl/N-ethyl adjacent to an activating group) is 1. The van der Waals surface area contributed by atoms with Gasteiger partial charge in [0.15, 0.2) is 0 Å². The fourth-order valence-electron chi connectivity index (χ4n) is 2.54. The van der Waals surface area contributed by atoms with Gasteiger partial charge in [-0.05, 0) is 19.9 Å². The zero-order valence-electron chi connectivity index (χ0n) is 9.22. The van der Waals surface area contributed by atoms with E-state index < -0.39 is 11.3 Å². The maximum atomic E-state index is 13.0. The van der Waals surface area contributed by atoms with Crippen molar-refractivity contribution in [3.63, 3.8) is 0 Å². The molecule has 0 aromatic carbocycles. The molecule has 0 aromatic heterocycles. The second-order valence-electron chi connectivity index (χ2n) is 5.23. The van der Waals surface area contributed by atoms with E-state index in [1.165, 1.54) is 0 Å². The molecule has 86 valence electrons. The molecule has 0 heterocycles. The minimum absolute atomic E-state index is 0.0365. The fourth-order valence-corrected chi connectivity index (χ4v) is 2.54. The molecule has 2 atom stereocenters. The number of ketones is 1. The van der Waals surface area contributed by atoms with E-state index in [0.29, 0.717) is 13.0 Å². The fraction of sp³-hybridized carbons (Fsp3) is 0.909. The van der Waals surface area contributed by atoms with Crippen molar-refractivity contribution in [1.82, 2.24) is 4.90 Å². The zero-order chi connectivity index (χ0) is 11.3. The quantitative estimate of drug-likeness (QED) is 0.721. The van der Waals surface area contributed by atoms with E-state index in [9.17, 15) is 13.6 Å². The molecule has 0 N–H and O–H groups in total. The molecule has 2 unspecified atom stereocenters. The van der Waals surface area contributed by atoms with Gasteiger partial charge in [0, 0.05) is 24.8 Å². The van der Waals surface area contributed by atoms with Crippen molar-refractivity contribution >= 4 is 5.78 Å². The van der Waals surface area contributed by atoms with Crippen molar-refractivity contribution < 1.29 is 13.6 Å². The lowest BCUT2D eigenvalue weighted by atomic mass is 10.1. The number of rotatable bonds is 3. The number of Topliss-reactive ketones (excluding diaryl/α,β-unsaturated/α-hetero) is 1. The summed E-state index contributed by atoms with van der Waals surface area (Å²) in [7, 11) is 1.79. The molecular weight excluding hydrogens is 200 g/mol. The SMILES string of the molecule is CN(CC1(C)CC1(F)F)C1CCCC1=O. The zero-order valence-corrected chi connectivity index (χ0v) is 9.22. The Morgan fingerprint density at radius 2 is 2.13 bits per heavy atom. The summed E-state index contributed by atoms with van der Waals surface area (Å²) < 4.78 is 26.0. The van der Waals surface area contributed by atoms with Crippen LogP contribution in [0.25, 0.3) is 0 Å². The lowest BCUT2D eigenvalue weighted by molar-refractivity contribution is -0.121. The summed E-state index contributed by atoms with van der Waals surface area (Å²) >= 11 is 0. The van der Waals surface area contributed by atoms with Crippen LogP contribution in [0.1, 0.15) is 32.6 Å². The largest absolute Gasteiger partial charge is 0.298 e. The Hall–Kier alpha value is -0.510. The molecular formula is C11H17F2NO. The smallest absolute Gasteiger partial charge is 0.255 e. The summed E-state index contributed by atoms with van der Waals surface area (Å²) in [6.45, 7) is 1.93. The van der Waals surface area contributed by atoms with E-state index in [1.807, 2.05) is 4.90 Å². The predicted octanol–water partition coefficient (Wildman–Crippen LogP) is 2.09. The average Bonchev–Trinajstić information content (AvgIpc) is 2.45. The van der Waals surface area contributed by atoms with Crippen molar-refractivity contribution in [3.05, 3.63) is 0 Å². The molecule has 0 aromatic rings. The molecule has 0 bridgehead atoms. The van der Waals surface area contributed by atoms with E-state index in [1.54, 1.807) is 14.0 Å². The van der Waals surface area contributed by atoms with Crippen LogP contribution < -0.4 is 0 Å². The van der Waals surface area contributed by atoms with Crippen LogP contribution in [0.3, 0.4) is 0 Å². The third-order valence-corrected chi connectivity index (χ3v) is 3.77. The van der Waals surface area contributed by atoms with Gasteiger partial charge in [0.2, 0.25) is 0 Å². The molecule has 0 amide bonds. The van der Waals surface area contributed by atoms with Crippen LogP contribution in [0.2, 0.25) is 0 Å². The van der Waals surface area contributed by atoms with Gasteiger partial charge in [0.1, 0.15) is 5.78 Å². The van der Waals surface area contributed by atoms with Gasteiger partial charge in [-0.25, -0.2) is 8.78 Å². The van der Waals surface area contributed by atoms with Gasteiger partial charge < -0.3 is 0 Å². The number of hydrogen-bond acceptors (Lipinski definition) is 2. The number of nitrogens with zero attached hydrogens (tertiary/aromatic N) is 1. The van der Waals surface area contributed by atoms with Crippen LogP contribution in [0.4, 0.5) is 8.78 Å². The van der Waals surface area contributed by atoms with Crippen LogP contribution >= 0.6 is 0 Å². The van der Waals surface area contributed by atoms with Crippen LogP contribution in [0.5, 0.6) is 0 Å². The highest BCUT2D eigenvalue weighted by atomic mass is 19.3. The van der Waals surface area contributed by atoms with Crippen molar-refractivity contribution in [1.29, 1.82) is 0 Å². The summed E-state index contributed by atoms with van der Waals surface area (Å²) in [6, 6.07) is -0.113. The van der Waals surface area contributed by atoms with Crippen LogP contribution in [0.15, 0.2) is 0 Å². The van der Waals surface area contributed by atoms with Gasteiger partial charge in [-0.2, -0.15) is 0 Å². The number of carbonyl (C=O) groups excluding carboxylic acids is 1. The number of alkyl halides is 2. The first kappa shape index (κ1) is 11.0. The van der Waals surface area contributed by atoms with Gasteiger partial charge >= 0.3 is 0 Å². The second-order valence-corrected chi connectivity index (χ2v) is 5.23. The van der Waals surface area contributed by atoms with Crippen LogP contribution in [-0.2, 0) is 4.79 Å². The Bertz CT molecular complexity index is 292. The molecule has 4 heteroatoms. The van der Waals surface area contributed by atoms with Crippen LogP contribution in [0, 0.1) is 5.41 Å². The molecule has 2 fully saturated rings. The van der Waals surface area contributed by atoms with Crippen molar-refractivity contribution in [2.45, 2.75) is 44.6 Å². The number of carbonyl (C=O) groups is 1. The van der Waals surface area contributed by atoms with E-state index in [0.717, 1.165) is 12.8 Å². The molecule has 2 saturated carbocycles. The first-order valence-electron chi connectivity index (χ1n) is 5.46.